The number of nitrogens with zero attached hydrogens (tertiary/aromatic N) is 1. The molecule has 1 fully saturated rings. The Morgan fingerprint density at radius 3 is 3.00 bits per heavy atom. The molecule has 0 saturated carbocycles. The van der Waals surface area contributed by atoms with Gasteiger partial charge in [-0.25, -0.2) is 4.98 Å². The molecule has 2 heterocycles. The van der Waals surface area contributed by atoms with Crippen molar-refractivity contribution in [3.05, 3.63) is 21.9 Å². The molecule has 2 rings (SSSR count). The predicted molar refractivity (Wildman–Crippen MR) is 52.2 cm³/mol. The first kappa shape index (κ1) is 8.25. The molecule has 0 aromatic carbocycles. The van der Waals surface area contributed by atoms with E-state index in [1.165, 1.54) is 0 Å². The third kappa shape index (κ3) is 1.69. The van der Waals surface area contributed by atoms with Gasteiger partial charge < -0.3 is 9.47 Å². The second-order valence-corrected chi connectivity index (χ2v) is 3.73. The monoisotopic (exact) mass is 277 g/mol. The van der Waals surface area contributed by atoms with Gasteiger partial charge in [0.15, 0.2) is 0 Å². The maximum atomic E-state index is 5.54. The number of halogens is 1. The molecule has 4 heteroatoms. The fraction of sp³-hybridized carbons (Fsp3) is 0.375. The Morgan fingerprint density at radius 1 is 1.58 bits per heavy atom. The largest absolute Gasteiger partial charge is 0.469 e. The summed E-state index contributed by atoms with van der Waals surface area (Å²) in [5, 5.41) is 0. The van der Waals surface area contributed by atoms with Crippen LogP contribution in [0.1, 0.15) is 0 Å². The van der Waals surface area contributed by atoms with Gasteiger partial charge in [0.25, 0.3) is 0 Å². The van der Waals surface area contributed by atoms with Crippen molar-refractivity contribution in [1.82, 2.24) is 4.98 Å². The van der Waals surface area contributed by atoms with Crippen molar-refractivity contribution in [2.75, 3.05) is 13.2 Å². The molecule has 1 aromatic heterocycles. The van der Waals surface area contributed by atoms with E-state index < -0.39 is 0 Å². The van der Waals surface area contributed by atoms with Crippen molar-refractivity contribution in [2.24, 2.45) is 0 Å². The van der Waals surface area contributed by atoms with Gasteiger partial charge in [-0.2, -0.15) is 0 Å². The molecule has 1 aliphatic heterocycles. The molecular weight excluding hydrogens is 269 g/mol. The highest BCUT2D eigenvalue weighted by molar-refractivity contribution is 14.1. The van der Waals surface area contributed by atoms with Gasteiger partial charge in [0.05, 0.1) is 16.8 Å². The zero-order valence-electron chi connectivity index (χ0n) is 6.37. The molecule has 1 aromatic rings. The van der Waals surface area contributed by atoms with Crippen LogP contribution in [0.15, 0.2) is 18.3 Å². The van der Waals surface area contributed by atoms with Crippen LogP contribution in [0.3, 0.4) is 0 Å². The van der Waals surface area contributed by atoms with Crippen LogP contribution < -0.4 is 4.74 Å². The van der Waals surface area contributed by atoms with Crippen LogP contribution in [0.5, 0.6) is 5.88 Å². The van der Waals surface area contributed by atoms with Crippen molar-refractivity contribution in [2.45, 2.75) is 6.10 Å². The molecular formula is C8H8INO2. The summed E-state index contributed by atoms with van der Waals surface area (Å²) < 4.78 is 11.6. The summed E-state index contributed by atoms with van der Waals surface area (Å²) in [7, 11) is 0. The average Bonchev–Trinajstić information content (AvgIpc) is 2.00. The van der Waals surface area contributed by atoms with Crippen LogP contribution in [0.2, 0.25) is 0 Å². The predicted octanol–water partition coefficient (Wildman–Crippen LogP) is 1.46. The Kier molecular flexibility index (Phi) is 2.45. The number of pyridine rings is 1. The van der Waals surface area contributed by atoms with Crippen LogP contribution in [0.25, 0.3) is 0 Å². The first-order valence-corrected chi connectivity index (χ1v) is 4.79. The molecule has 12 heavy (non-hydrogen) atoms. The number of rotatable bonds is 2. The summed E-state index contributed by atoms with van der Waals surface area (Å²) in [5.74, 6) is 0.714. The lowest BCUT2D eigenvalue weighted by Crippen LogP contribution is -2.38. The minimum atomic E-state index is 0.202. The summed E-state index contributed by atoms with van der Waals surface area (Å²) in [4.78, 5) is 4.11. The normalized spacial score (nSPS) is 17.1. The topological polar surface area (TPSA) is 31.4 Å². The Bertz CT molecular complexity index is 276. The Hall–Kier alpha value is -0.360. The van der Waals surface area contributed by atoms with Gasteiger partial charge in [0.2, 0.25) is 5.88 Å². The molecule has 0 atom stereocenters. The van der Waals surface area contributed by atoms with Gasteiger partial charge in [0.1, 0.15) is 6.10 Å². The summed E-state index contributed by atoms with van der Waals surface area (Å²) in [6.07, 6.45) is 1.94. The van der Waals surface area contributed by atoms with Gasteiger partial charge in [-0.15, -0.1) is 0 Å². The van der Waals surface area contributed by atoms with E-state index >= 15 is 0 Å². The second-order valence-electron chi connectivity index (χ2n) is 2.57. The van der Waals surface area contributed by atoms with Gasteiger partial charge in [-0.3, -0.25) is 0 Å². The van der Waals surface area contributed by atoms with Crippen molar-refractivity contribution in [1.29, 1.82) is 0 Å². The maximum Gasteiger partial charge on any atom is 0.227 e. The first-order chi connectivity index (χ1) is 5.86. The average molecular weight is 277 g/mol. The minimum absolute atomic E-state index is 0.202. The number of hydrogen-bond donors (Lipinski definition) is 0. The van der Waals surface area contributed by atoms with E-state index in [9.17, 15) is 0 Å². The summed E-state index contributed by atoms with van der Waals surface area (Å²) in [6.45, 7) is 1.37. The molecule has 0 spiro atoms. The van der Waals surface area contributed by atoms with Gasteiger partial charge >= 0.3 is 0 Å². The zero-order valence-corrected chi connectivity index (χ0v) is 8.52. The van der Waals surface area contributed by atoms with Crippen LogP contribution in [0.4, 0.5) is 0 Å². The van der Waals surface area contributed by atoms with Crippen LogP contribution in [-0.4, -0.2) is 24.3 Å². The summed E-state index contributed by atoms with van der Waals surface area (Å²) in [6, 6.07) is 3.87. The highest BCUT2D eigenvalue weighted by atomic mass is 127. The summed E-state index contributed by atoms with van der Waals surface area (Å²) >= 11 is 2.21. The maximum absolute atomic E-state index is 5.54. The van der Waals surface area contributed by atoms with Crippen molar-refractivity contribution in [3.63, 3.8) is 0 Å². The molecule has 0 unspecified atom stereocenters. The zero-order chi connectivity index (χ0) is 8.39. The highest BCUT2D eigenvalue weighted by Gasteiger charge is 2.21. The van der Waals surface area contributed by atoms with Crippen molar-refractivity contribution < 1.29 is 9.47 Å². The Morgan fingerprint density at radius 2 is 2.42 bits per heavy atom. The number of aromatic nitrogens is 1. The summed E-state index contributed by atoms with van der Waals surface area (Å²) in [5.41, 5.74) is 0. The molecule has 0 amide bonds. The van der Waals surface area contributed by atoms with Crippen LogP contribution in [0, 0.1) is 3.57 Å². The number of ether oxygens (including phenoxy) is 2. The lowest BCUT2D eigenvalue weighted by atomic mass is 10.3. The third-order valence-electron chi connectivity index (χ3n) is 1.61. The van der Waals surface area contributed by atoms with Gasteiger partial charge in [0, 0.05) is 6.20 Å². The molecule has 1 aliphatic rings. The van der Waals surface area contributed by atoms with Gasteiger partial charge in [-0.05, 0) is 34.7 Å². The van der Waals surface area contributed by atoms with E-state index in [-0.39, 0.29) is 6.10 Å². The van der Waals surface area contributed by atoms with E-state index in [0.29, 0.717) is 19.1 Å². The smallest absolute Gasteiger partial charge is 0.227 e. The quantitative estimate of drug-likeness (QED) is 0.767. The van der Waals surface area contributed by atoms with Crippen LogP contribution >= 0.6 is 22.6 Å². The molecule has 1 saturated heterocycles. The molecule has 0 bridgehead atoms. The molecule has 64 valence electrons. The van der Waals surface area contributed by atoms with E-state index in [0.717, 1.165) is 3.57 Å². The Labute approximate surface area is 84.2 Å². The first-order valence-electron chi connectivity index (χ1n) is 3.71. The molecule has 0 N–H and O–H groups in total. The SMILES string of the molecule is Ic1cccnc1OC1COC1. The minimum Gasteiger partial charge on any atom is -0.469 e. The van der Waals surface area contributed by atoms with E-state index in [1.807, 2.05) is 12.1 Å². The van der Waals surface area contributed by atoms with E-state index in [1.54, 1.807) is 6.20 Å². The molecule has 0 aliphatic carbocycles. The van der Waals surface area contributed by atoms with Crippen molar-refractivity contribution >= 4 is 22.6 Å². The number of hydrogen-bond acceptors (Lipinski definition) is 3. The second kappa shape index (κ2) is 3.57. The lowest BCUT2D eigenvalue weighted by Gasteiger charge is -2.26. The molecule has 3 nitrogen and oxygen atoms in total. The van der Waals surface area contributed by atoms with Crippen LogP contribution in [-0.2, 0) is 4.74 Å². The highest BCUT2D eigenvalue weighted by Crippen LogP contribution is 2.19. The van der Waals surface area contributed by atoms with E-state index in [4.69, 9.17) is 9.47 Å². The fourth-order valence-corrected chi connectivity index (χ4v) is 1.37. The Balaban J connectivity index is 2.06. The lowest BCUT2D eigenvalue weighted by molar-refractivity contribution is -0.0816. The standard InChI is InChI=1S/C8H8INO2/c9-7-2-1-3-10-8(7)12-6-4-11-5-6/h1-3,6H,4-5H2. The van der Waals surface area contributed by atoms with E-state index in [2.05, 4.69) is 27.6 Å². The van der Waals surface area contributed by atoms with Crippen molar-refractivity contribution in [3.8, 4) is 5.88 Å². The molecule has 0 radical (unpaired) electrons. The fourth-order valence-electron chi connectivity index (χ4n) is 0.898. The van der Waals surface area contributed by atoms with Gasteiger partial charge in [-0.1, -0.05) is 0 Å². The third-order valence-corrected chi connectivity index (χ3v) is 2.43.